The molecule has 0 unspecified atom stereocenters. The highest BCUT2D eigenvalue weighted by Crippen LogP contribution is 2.48. The van der Waals surface area contributed by atoms with Crippen LogP contribution in [0, 0.1) is 0 Å². The van der Waals surface area contributed by atoms with Crippen LogP contribution in [0.1, 0.15) is 49.2 Å². The number of fused-ring (bicyclic) bond motifs is 1. The molecule has 1 fully saturated rings. The van der Waals surface area contributed by atoms with E-state index >= 15 is 0 Å². The van der Waals surface area contributed by atoms with Gasteiger partial charge in [-0.15, -0.1) is 0 Å². The highest BCUT2D eigenvalue weighted by atomic mass is 32.2. The number of aryl methyl sites for hydroxylation is 1. The third-order valence-electron chi connectivity index (χ3n) is 5.06. The molecule has 0 saturated carbocycles. The van der Waals surface area contributed by atoms with Gasteiger partial charge in [0.05, 0.1) is 11.7 Å². The molecule has 24 heavy (non-hydrogen) atoms. The molecule has 0 radical (unpaired) electrons. The van der Waals surface area contributed by atoms with E-state index in [0.29, 0.717) is 6.04 Å². The standard InChI is InChI=1S/C20H23N3S/c1-3-14-8-10-15(11-9-14)19-18(17-7-5-6-12-21-17)22-20-23(19)16(4-2)13-24-20/h5-12,16,18-19H,3-4,13H2,1-2H3/t16-,18+,19+/m0/s1. The predicted molar refractivity (Wildman–Crippen MR) is 101 cm³/mol. The summed E-state index contributed by atoms with van der Waals surface area (Å²) in [6.45, 7) is 4.48. The number of aliphatic imine (C=N–C) groups is 1. The molecule has 0 bridgehead atoms. The van der Waals surface area contributed by atoms with Crippen LogP contribution in [0.3, 0.4) is 0 Å². The zero-order valence-corrected chi connectivity index (χ0v) is 15.0. The normalized spacial score (nSPS) is 25.7. The minimum atomic E-state index is 0.0931. The molecule has 1 saturated heterocycles. The molecule has 3 nitrogen and oxygen atoms in total. The fraction of sp³-hybridized carbons (Fsp3) is 0.400. The van der Waals surface area contributed by atoms with Crippen molar-refractivity contribution in [1.82, 2.24) is 9.88 Å². The van der Waals surface area contributed by atoms with Gasteiger partial charge in [0.15, 0.2) is 5.17 Å². The van der Waals surface area contributed by atoms with Crippen molar-refractivity contribution in [3.63, 3.8) is 0 Å². The lowest BCUT2D eigenvalue weighted by atomic mass is 9.94. The van der Waals surface area contributed by atoms with Crippen LogP contribution in [0.5, 0.6) is 0 Å². The van der Waals surface area contributed by atoms with Gasteiger partial charge in [-0.25, -0.2) is 0 Å². The lowest BCUT2D eigenvalue weighted by molar-refractivity contribution is 0.255. The van der Waals surface area contributed by atoms with E-state index in [1.165, 1.54) is 16.3 Å². The van der Waals surface area contributed by atoms with Crippen LogP contribution in [0.15, 0.2) is 53.7 Å². The third-order valence-corrected chi connectivity index (χ3v) is 6.18. The Morgan fingerprint density at radius 3 is 2.62 bits per heavy atom. The van der Waals surface area contributed by atoms with Gasteiger partial charge in [-0.2, -0.15) is 0 Å². The first-order chi connectivity index (χ1) is 11.8. The summed E-state index contributed by atoms with van der Waals surface area (Å²) in [4.78, 5) is 12.2. The van der Waals surface area contributed by atoms with Crippen LogP contribution in [-0.2, 0) is 6.42 Å². The maximum absolute atomic E-state index is 5.06. The molecular weight excluding hydrogens is 314 g/mol. The Balaban J connectivity index is 1.76. The SMILES string of the molecule is CCc1ccc([C@@H]2[C@@H](c3ccccn3)N=C3SC[C@H](CC)N32)cc1. The molecule has 2 aliphatic heterocycles. The number of nitrogens with zero attached hydrogens (tertiary/aromatic N) is 3. The molecule has 2 aromatic rings. The van der Waals surface area contributed by atoms with E-state index in [2.05, 4.69) is 60.1 Å². The number of rotatable bonds is 4. The number of benzene rings is 1. The quantitative estimate of drug-likeness (QED) is 0.815. The molecular formula is C20H23N3S. The lowest BCUT2D eigenvalue weighted by Crippen LogP contribution is -2.35. The number of hydrogen-bond acceptors (Lipinski definition) is 4. The minimum absolute atomic E-state index is 0.0931. The summed E-state index contributed by atoms with van der Waals surface area (Å²) in [5.41, 5.74) is 3.80. The summed E-state index contributed by atoms with van der Waals surface area (Å²) in [6, 6.07) is 16.2. The average molecular weight is 337 g/mol. The maximum atomic E-state index is 5.06. The number of amidine groups is 1. The fourth-order valence-corrected chi connectivity index (χ4v) is 5.00. The molecule has 0 N–H and O–H groups in total. The summed E-state index contributed by atoms with van der Waals surface area (Å²) in [7, 11) is 0. The van der Waals surface area contributed by atoms with E-state index in [4.69, 9.17) is 4.99 Å². The van der Waals surface area contributed by atoms with Gasteiger partial charge in [-0.3, -0.25) is 9.98 Å². The monoisotopic (exact) mass is 337 g/mol. The molecule has 124 valence electrons. The van der Waals surface area contributed by atoms with Crippen molar-refractivity contribution in [2.75, 3.05) is 5.75 Å². The average Bonchev–Trinajstić information content (AvgIpc) is 3.21. The van der Waals surface area contributed by atoms with Gasteiger partial charge in [-0.05, 0) is 36.1 Å². The number of thioether (sulfide) groups is 1. The fourth-order valence-electron chi connectivity index (χ4n) is 3.66. The molecule has 3 atom stereocenters. The van der Waals surface area contributed by atoms with Crippen molar-refractivity contribution >= 4 is 16.9 Å². The minimum Gasteiger partial charge on any atom is -0.338 e. The van der Waals surface area contributed by atoms with E-state index in [1.807, 2.05) is 24.0 Å². The number of aromatic nitrogens is 1. The van der Waals surface area contributed by atoms with E-state index in [1.54, 1.807) is 0 Å². The third kappa shape index (κ3) is 2.63. The van der Waals surface area contributed by atoms with Crippen molar-refractivity contribution in [2.24, 2.45) is 4.99 Å². The maximum Gasteiger partial charge on any atom is 0.160 e. The molecule has 3 heterocycles. The van der Waals surface area contributed by atoms with Gasteiger partial charge >= 0.3 is 0 Å². The summed E-state index contributed by atoms with van der Waals surface area (Å²) in [6.07, 6.45) is 4.11. The zero-order chi connectivity index (χ0) is 16.5. The Morgan fingerprint density at radius 1 is 1.12 bits per heavy atom. The Labute approximate surface area is 148 Å². The van der Waals surface area contributed by atoms with Gasteiger partial charge in [0.2, 0.25) is 0 Å². The van der Waals surface area contributed by atoms with Crippen LogP contribution in [0.4, 0.5) is 0 Å². The molecule has 0 amide bonds. The van der Waals surface area contributed by atoms with Crippen molar-refractivity contribution in [3.05, 3.63) is 65.5 Å². The summed E-state index contributed by atoms with van der Waals surface area (Å²) in [5, 5.41) is 1.20. The Morgan fingerprint density at radius 2 is 1.96 bits per heavy atom. The summed E-state index contributed by atoms with van der Waals surface area (Å²) in [5.74, 6) is 1.15. The predicted octanol–water partition coefficient (Wildman–Crippen LogP) is 4.62. The van der Waals surface area contributed by atoms with E-state index < -0.39 is 0 Å². The second-order valence-corrected chi connectivity index (χ2v) is 7.42. The second-order valence-electron chi connectivity index (χ2n) is 6.43. The summed E-state index contributed by atoms with van der Waals surface area (Å²) < 4.78 is 0. The van der Waals surface area contributed by atoms with Gasteiger partial charge in [0.1, 0.15) is 6.04 Å². The van der Waals surface area contributed by atoms with Crippen LogP contribution < -0.4 is 0 Å². The van der Waals surface area contributed by atoms with Crippen LogP contribution in [0.25, 0.3) is 0 Å². The largest absolute Gasteiger partial charge is 0.338 e. The van der Waals surface area contributed by atoms with Gasteiger partial charge in [-0.1, -0.05) is 55.9 Å². The zero-order valence-electron chi connectivity index (χ0n) is 14.2. The smallest absolute Gasteiger partial charge is 0.160 e. The Hall–Kier alpha value is -1.81. The molecule has 0 spiro atoms. The molecule has 0 aliphatic carbocycles. The summed E-state index contributed by atoms with van der Waals surface area (Å²) >= 11 is 1.90. The van der Waals surface area contributed by atoms with Crippen LogP contribution in [0.2, 0.25) is 0 Å². The van der Waals surface area contributed by atoms with Crippen molar-refractivity contribution in [2.45, 2.75) is 44.8 Å². The highest BCUT2D eigenvalue weighted by molar-refractivity contribution is 8.14. The topological polar surface area (TPSA) is 28.5 Å². The molecule has 1 aromatic carbocycles. The van der Waals surface area contributed by atoms with Crippen molar-refractivity contribution in [1.29, 1.82) is 0 Å². The number of pyridine rings is 1. The van der Waals surface area contributed by atoms with Crippen molar-refractivity contribution < 1.29 is 0 Å². The van der Waals surface area contributed by atoms with Gasteiger partial charge in [0, 0.05) is 18.0 Å². The van der Waals surface area contributed by atoms with Gasteiger partial charge in [0.25, 0.3) is 0 Å². The first-order valence-corrected chi connectivity index (χ1v) is 9.79. The van der Waals surface area contributed by atoms with E-state index in [9.17, 15) is 0 Å². The van der Waals surface area contributed by atoms with Gasteiger partial charge < -0.3 is 4.90 Å². The molecule has 2 aliphatic rings. The van der Waals surface area contributed by atoms with E-state index in [0.717, 1.165) is 24.3 Å². The van der Waals surface area contributed by atoms with Crippen LogP contribution >= 0.6 is 11.8 Å². The van der Waals surface area contributed by atoms with E-state index in [-0.39, 0.29) is 12.1 Å². The first-order valence-electron chi connectivity index (χ1n) is 8.80. The molecule has 1 aromatic heterocycles. The Kier molecular flexibility index (Phi) is 4.31. The lowest BCUT2D eigenvalue weighted by Gasteiger charge is -2.32. The van der Waals surface area contributed by atoms with Crippen LogP contribution in [-0.4, -0.2) is 26.8 Å². The number of hydrogen-bond donors (Lipinski definition) is 0. The van der Waals surface area contributed by atoms with Crippen molar-refractivity contribution in [3.8, 4) is 0 Å². The molecule has 4 rings (SSSR count). The Bertz CT molecular complexity index is 726. The first kappa shape index (κ1) is 15.7. The molecule has 4 heteroatoms. The second kappa shape index (κ2) is 6.60. The highest BCUT2D eigenvalue weighted by Gasteiger charge is 2.45.